The minimum atomic E-state index is -0.100. The van der Waals surface area contributed by atoms with Crippen molar-refractivity contribution in [1.82, 2.24) is 0 Å². The van der Waals surface area contributed by atoms with Gasteiger partial charge in [0.25, 0.3) is 0 Å². The summed E-state index contributed by atoms with van der Waals surface area (Å²) in [6.45, 7) is 4.27. The second-order valence-corrected chi connectivity index (χ2v) is 7.53. The normalized spacial score (nSPS) is 13.8. The SMILES string of the molecule is Cc1ccc(NC(=O)CNc2cc(Cl)ccc2N2CCCC2)c(Br)c1. The van der Waals surface area contributed by atoms with Crippen LogP contribution in [0, 0.1) is 6.92 Å². The van der Waals surface area contributed by atoms with Gasteiger partial charge in [-0.1, -0.05) is 17.7 Å². The summed E-state index contributed by atoms with van der Waals surface area (Å²) in [5.41, 5.74) is 3.90. The molecule has 0 saturated carbocycles. The molecule has 2 aromatic carbocycles. The third kappa shape index (κ3) is 4.67. The van der Waals surface area contributed by atoms with Crippen molar-refractivity contribution < 1.29 is 4.79 Å². The molecule has 0 spiro atoms. The molecule has 0 unspecified atom stereocenters. The van der Waals surface area contributed by atoms with E-state index >= 15 is 0 Å². The molecule has 0 radical (unpaired) electrons. The summed E-state index contributed by atoms with van der Waals surface area (Å²) in [4.78, 5) is 14.6. The summed E-state index contributed by atoms with van der Waals surface area (Å²) < 4.78 is 0.876. The number of aryl methyl sites for hydroxylation is 1. The number of benzene rings is 2. The maximum atomic E-state index is 12.3. The maximum absolute atomic E-state index is 12.3. The minimum Gasteiger partial charge on any atom is -0.374 e. The molecule has 0 aliphatic carbocycles. The summed E-state index contributed by atoms with van der Waals surface area (Å²) in [6, 6.07) is 11.6. The van der Waals surface area contributed by atoms with Crippen molar-refractivity contribution in [1.29, 1.82) is 0 Å². The van der Waals surface area contributed by atoms with Crippen LogP contribution in [0.1, 0.15) is 18.4 Å². The van der Waals surface area contributed by atoms with Crippen LogP contribution in [0.5, 0.6) is 0 Å². The van der Waals surface area contributed by atoms with Gasteiger partial charge in [-0.2, -0.15) is 0 Å². The first-order chi connectivity index (χ1) is 12.0. The molecule has 25 heavy (non-hydrogen) atoms. The van der Waals surface area contributed by atoms with Crippen LogP contribution in [-0.2, 0) is 4.79 Å². The highest BCUT2D eigenvalue weighted by molar-refractivity contribution is 9.10. The van der Waals surface area contributed by atoms with Crippen LogP contribution < -0.4 is 15.5 Å². The third-order valence-electron chi connectivity index (χ3n) is 4.24. The van der Waals surface area contributed by atoms with Crippen molar-refractivity contribution >= 4 is 50.5 Å². The number of halogens is 2. The highest BCUT2D eigenvalue weighted by atomic mass is 79.9. The summed E-state index contributed by atoms with van der Waals surface area (Å²) >= 11 is 9.62. The zero-order chi connectivity index (χ0) is 17.8. The number of carbonyl (C=O) groups excluding carboxylic acids is 1. The number of carbonyl (C=O) groups is 1. The van der Waals surface area contributed by atoms with Crippen molar-refractivity contribution in [2.24, 2.45) is 0 Å². The standard InChI is InChI=1S/C19H21BrClN3O/c1-13-4-6-16(15(20)10-13)23-19(25)12-22-17-11-14(21)5-7-18(17)24-8-2-3-9-24/h4-7,10-11,22H,2-3,8-9,12H2,1H3,(H,23,25). The van der Waals surface area contributed by atoms with E-state index in [1.807, 2.05) is 43.3 Å². The lowest BCUT2D eigenvalue weighted by molar-refractivity contribution is -0.114. The number of anilines is 3. The Bertz CT molecular complexity index is 775. The van der Waals surface area contributed by atoms with Crippen molar-refractivity contribution in [2.45, 2.75) is 19.8 Å². The van der Waals surface area contributed by atoms with Crippen molar-refractivity contribution in [3.63, 3.8) is 0 Å². The van der Waals surface area contributed by atoms with Crippen LogP contribution in [0.15, 0.2) is 40.9 Å². The molecule has 1 heterocycles. The molecule has 1 fully saturated rings. The number of rotatable bonds is 5. The Kier molecular flexibility index (Phi) is 5.86. The van der Waals surface area contributed by atoms with Crippen LogP contribution in [0.3, 0.4) is 0 Å². The van der Waals surface area contributed by atoms with E-state index in [9.17, 15) is 4.79 Å². The number of hydrogen-bond acceptors (Lipinski definition) is 3. The average molecular weight is 423 g/mol. The Labute approximate surface area is 161 Å². The highest BCUT2D eigenvalue weighted by Crippen LogP contribution is 2.31. The lowest BCUT2D eigenvalue weighted by Crippen LogP contribution is -2.24. The molecule has 2 N–H and O–H groups in total. The highest BCUT2D eigenvalue weighted by Gasteiger charge is 2.16. The van der Waals surface area contributed by atoms with Crippen LogP contribution >= 0.6 is 27.5 Å². The quantitative estimate of drug-likeness (QED) is 0.708. The summed E-state index contributed by atoms with van der Waals surface area (Å²) in [7, 11) is 0. The first-order valence-corrected chi connectivity index (χ1v) is 9.54. The van der Waals surface area contributed by atoms with Gasteiger partial charge < -0.3 is 15.5 Å². The number of nitrogens with one attached hydrogen (secondary N) is 2. The van der Waals surface area contributed by atoms with Gasteiger partial charge >= 0.3 is 0 Å². The Balaban J connectivity index is 1.66. The van der Waals surface area contributed by atoms with E-state index in [0.29, 0.717) is 5.02 Å². The largest absolute Gasteiger partial charge is 0.374 e. The Hall–Kier alpha value is -1.72. The predicted molar refractivity (Wildman–Crippen MR) is 109 cm³/mol. The molecule has 132 valence electrons. The number of nitrogens with zero attached hydrogens (tertiary/aromatic N) is 1. The molecule has 2 aromatic rings. The minimum absolute atomic E-state index is 0.100. The zero-order valence-corrected chi connectivity index (χ0v) is 16.5. The lowest BCUT2D eigenvalue weighted by atomic mass is 10.2. The monoisotopic (exact) mass is 421 g/mol. The van der Waals surface area contributed by atoms with E-state index in [0.717, 1.165) is 40.2 Å². The van der Waals surface area contributed by atoms with Gasteiger partial charge in [0.2, 0.25) is 5.91 Å². The molecule has 3 rings (SSSR count). The van der Waals surface area contributed by atoms with E-state index in [2.05, 4.69) is 31.5 Å². The zero-order valence-electron chi connectivity index (χ0n) is 14.1. The average Bonchev–Trinajstić information content (AvgIpc) is 3.10. The molecule has 4 nitrogen and oxygen atoms in total. The van der Waals surface area contributed by atoms with E-state index in [4.69, 9.17) is 11.6 Å². The van der Waals surface area contributed by atoms with Crippen LogP contribution in [-0.4, -0.2) is 25.5 Å². The molecule has 1 saturated heterocycles. The fourth-order valence-corrected chi connectivity index (χ4v) is 3.74. The Morgan fingerprint density at radius 2 is 1.92 bits per heavy atom. The Morgan fingerprint density at radius 1 is 1.16 bits per heavy atom. The topological polar surface area (TPSA) is 44.4 Å². The van der Waals surface area contributed by atoms with Crippen molar-refractivity contribution in [2.75, 3.05) is 35.2 Å². The van der Waals surface area contributed by atoms with Gasteiger partial charge in [-0.15, -0.1) is 0 Å². The van der Waals surface area contributed by atoms with Gasteiger partial charge in [0.15, 0.2) is 0 Å². The van der Waals surface area contributed by atoms with E-state index in [1.165, 1.54) is 12.8 Å². The van der Waals surface area contributed by atoms with E-state index in [-0.39, 0.29) is 12.5 Å². The lowest BCUT2D eigenvalue weighted by Gasteiger charge is -2.22. The van der Waals surface area contributed by atoms with Crippen molar-refractivity contribution in [3.05, 3.63) is 51.5 Å². The summed E-state index contributed by atoms with van der Waals surface area (Å²) in [6.07, 6.45) is 2.40. The molecule has 0 atom stereocenters. The molecule has 1 amide bonds. The van der Waals surface area contributed by atoms with Crippen LogP contribution in [0.2, 0.25) is 5.02 Å². The van der Waals surface area contributed by atoms with Gasteiger partial charge in [-0.05, 0) is 71.6 Å². The van der Waals surface area contributed by atoms with E-state index < -0.39 is 0 Å². The molecule has 6 heteroatoms. The van der Waals surface area contributed by atoms with Gasteiger partial charge in [0.1, 0.15) is 0 Å². The molecule has 1 aliphatic heterocycles. The Morgan fingerprint density at radius 3 is 2.64 bits per heavy atom. The molecule has 0 aromatic heterocycles. The molecular formula is C19H21BrClN3O. The smallest absolute Gasteiger partial charge is 0.243 e. The van der Waals surface area contributed by atoms with Gasteiger partial charge in [0, 0.05) is 22.6 Å². The predicted octanol–water partition coefficient (Wildman–Crippen LogP) is 5.06. The second-order valence-electron chi connectivity index (χ2n) is 6.24. The fourth-order valence-electron chi connectivity index (χ4n) is 2.98. The number of amides is 1. The van der Waals surface area contributed by atoms with Crippen LogP contribution in [0.4, 0.5) is 17.1 Å². The fraction of sp³-hybridized carbons (Fsp3) is 0.316. The van der Waals surface area contributed by atoms with Gasteiger partial charge in [-0.25, -0.2) is 0 Å². The summed E-state index contributed by atoms with van der Waals surface area (Å²) in [5.74, 6) is -0.100. The first kappa shape index (κ1) is 18.1. The summed E-state index contributed by atoms with van der Waals surface area (Å²) in [5, 5.41) is 6.80. The first-order valence-electron chi connectivity index (χ1n) is 8.37. The van der Waals surface area contributed by atoms with E-state index in [1.54, 1.807) is 0 Å². The molecule has 0 bridgehead atoms. The number of hydrogen-bond donors (Lipinski definition) is 2. The maximum Gasteiger partial charge on any atom is 0.243 e. The molecule has 1 aliphatic rings. The third-order valence-corrected chi connectivity index (χ3v) is 5.13. The van der Waals surface area contributed by atoms with Crippen molar-refractivity contribution in [3.8, 4) is 0 Å². The molecular weight excluding hydrogens is 402 g/mol. The van der Waals surface area contributed by atoms with Gasteiger partial charge in [-0.3, -0.25) is 4.79 Å². The van der Waals surface area contributed by atoms with Gasteiger partial charge in [0.05, 0.1) is 23.6 Å². The second kappa shape index (κ2) is 8.11. The van der Waals surface area contributed by atoms with Crippen LogP contribution in [0.25, 0.3) is 0 Å².